The molecule has 0 fully saturated rings. The van der Waals surface area contributed by atoms with Crippen molar-refractivity contribution in [2.45, 2.75) is 72.1 Å². The van der Waals surface area contributed by atoms with E-state index in [2.05, 4.69) is 56.9 Å². The predicted molar refractivity (Wildman–Crippen MR) is 185 cm³/mol. The molecule has 0 saturated carbocycles. The second-order valence-corrected chi connectivity index (χ2v) is 12.5. The summed E-state index contributed by atoms with van der Waals surface area (Å²) < 4.78 is 11.5. The van der Waals surface area contributed by atoms with Crippen LogP contribution in [0.4, 0.5) is 16.4 Å². The van der Waals surface area contributed by atoms with Crippen molar-refractivity contribution in [3.05, 3.63) is 88.3 Å². The Morgan fingerprint density at radius 2 is 1.81 bits per heavy atom. The lowest BCUT2D eigenvalue weighted by Gasteiger charge is -2.27. The number of carbonyl (C=O) groups excluding carboxylic acids is 2. The van der Waals surface area contributed by atoms with Crippen molar-refractivity contribution in [3.8, 4) is 12.1 Å². The number of rotatable bonds is 18. The largest absolute Gasteiger partial charge is 0.463 e. The molecular weight excluding hydrogens is 629 g/mol. The number of aryl methyl sites for hydroxylation is 1. The van der Waals surface area contributed by atoms with E-state index >= 15 is 0 Å². The van der Waals surface area contributed by atoms with Gasteiger partial charge in [-0.3, -0.25) is 9.59 Å². The smallest absolute Gasteiger partial charge is 0.328 e. The third kappa shape index (κ3) is 11.1. The summed E-state index contributed by atoms with van der Waals surface area (Å²) in [5.41, 5.74) is 4.79. The van der Waals surface area contributed by atoms with Crippen LogP contribution < -0.4 is 10.8 Å². The number of hydrogen-bond acceptors (Lipinski definition) is 12. The van der Waals surface area contributed by atoms with E-state index in [-0.39, 0.29) is 25.0 Å². The van der Waals surface area contributed by atoms with E-state index in [0.29, 0.717) is 46.3 Å². The van der Waals surface area contributed by atoms with E-state index in [9.17, 15) is 20.1 Å². The number of hydrogen-bond donors (Lipinski definition) is 1. The van der Waals surface area contributed by atoms with Crippen LogP contribution in [0.15, 0.2) is 71.4 Å². The molecule has 0 spiro atoms. The minimum absolute atomic E-state index is 0.0569. The van der Waals surface area contributed by atoms with Crippen LogP contribution in [0.1, 0.15) is 66.7 Å². The van der Waals surface area contributed by atoms with E-state index in [1.165, 1.54) is 11.6 Å². The van der Waals surface area contributed by atoms with Gasteiger partial charge >= 0.3 is 11.9 Å². The zero-order chi connectivity index (χ0) is 35.1. The van der Waals surface area contributed by atoms with Crippen molar-refractivity contribution in [2.75, 3.05) is 18.1 Å². The van der Waals surface area contributed by atoms with Crippen molar-refractivity contribution >= 4 is 39.7 Å². The Bertz CT molecular complexity index is 1660. The molecule has 2 aromatic carbocycles. The quantitative estimate of drug-likeness (QED) is 0.0620. The molecule has 0 saturated heterocycles. The second-order valence-electron chi connectivity index (χ2n) is 11.5. The molecule has 1 aromatic heterocycles. The van der Waals surface area contributed by atoms with Gasteiger partial charge in [0.2, 0.25) is 0 Å². The van der Waals surface area contributed by atoms with Gasteiger partial charge in [-0.05, 0) is 75.4 Å². The Kier molecular flexibility index (Phi) is 14.9. The lowest BCUT2D eigenvalue weighted by Crippen LogP contribution is -2.28. The zero-order valence-electron chi connectivity index (χ0n) is 27.8. The molecule has 0 aliphatic carbocycles. The summed E-state index contributed by atoms with van der Waals surface area (Å²) >= 11 is 1.16. The molecular formula is C36H42N6O5S. The van der Waals surface area contributed by atoms with Crippen LogP contribution in [0.5, 0.6) is 0 Å². The number of esters is 1. The van der Waals surface area contributed by atoms with Crippen LogP contribution in [0.3, 0.4) is 0 Å². The predicted octanol–water partition coefficient (Wildman–Crippen LogP) is 7.65. The highest BCUT2D eigenvalue weighted by Gasteiger charge is 2.24. The lowest BCUT2D eigenvalue weighted by atomic mass is 10.0. The SMILES string of the molecule is C=CCC(CC(=O)OC(C)CCOC(C)CCN(Cc1ccccc1)c1ccc(N=Nc2sc(C#N)c(C)c2C#N)c(C)c1)C(=O)ON. The standard InChI is InChI=1S/C36H42N6O5S/c1-6-10-29(36(44)47-39)20-34(43)46-26(4)16-18-45-25(3)15-17-42(23-28-11-8-7-9-12-28)30-13-14-32(24(2)19-30)40-41-35-31(21-37)27(5)33(22-38)48-35/h6-9,11-14,19,25-26,29H,1,10,15-18,20,23,39H2,2-5H3. The van der Waals surface area contributed by atoms with Crippen LogP contribution in [-0.4, -0.2) is 37.3 Å². The van der Waals surface area contributed by atoms with Crippen molar-refractivity contribution < 1.29 is 23.9 Å². The van der Waals surface area contributed by atoms with Gasteiger partial charge in [0.1, 0.15) is 23.1 Å². The highest BCUT2D eigenvalue weighted by Crippen LogP contribution is 2.36. The molecule has 48 heavy (non-hydrogen) atoms. The Labute approximate surface area is 286 Å². The van der Waals surface area contributed by atoms with Gasteiger partial charge in [0, 0.05) is 25.2 Å². The Morgan fingerprint density at radius 3 is 2.46 bits per heavy atom. The molecule has 0 radical (unpaired) electrons. The molecule has 252 valence electrons. The van der Waals surface area contributed by atoms with Gasteiger partial charge in [-0.2, -0.15) is 16.4 Å². The fourth-order valence-corrected chi connectivity index (χ4v) is 5.78. The highest BCUT2D eigenvalue weighted by atomic mass is 32.1. The topological polar surface area (TPSA) is 163 Å². The lowest BCUT2D eigenvalue weighted by molar-refractivity contribution is -0.158. The van der Waals surface area contributed by atoms with E-state index in [4.69, 9.17) is 15.4 Å². The monoisotopic (exact) mass is 670 g/mol. The number of benzene rings is 2. The molecule has 12 heteroatoms. The second kappa shape index (κ2) is 19.1. The molecule has 1 heterocycles. The molecule has 0 bridgehead atoms. The number of nitrogens with zero attached hydrogens (tertiary/aromatic N) is 5. The molecule has 3 rings (SSSR count). The van der Waals surface area contributed by atoms with Crippen LogP contribution >= 0.6 is 11.3 Å². The number of ether oxygens (including phenoxy) is 2. The van der Waals surface area contributed by atoms with Gasteiger partial charge in [0.15, 0.2) is 5.00 Å². The Balaban J connectivity index is 1.60. The fourth-order valence-electron chi connectivity index (χ4n) is 4.91. The van der Waals surface area contributed by atoms with Gasteiger partial charge in [0.25, 0.3) is 0 Å². The van der Waals surface area contributed by atoms with Crippen LogP contribution in [0, 0.1) is 42.4 Å². The third-order valence-electron chi connectivity index (χ3n) is 7.73. The maximum absolute atomic E-state index is 12.3. The van der Waals surface area contributed by atoms with Crippen LogP contribution in [0.25, 0.3) is 0 Å². The van der Waals surface area contributed by atoms with Crippen LogP contribution in [-0.2, 0) is 30.4 Å². The van der Waals surface area contributed by atoms with Crippen molar-refractivity contribution in [1.29, 1.82) is 10.5 Å². The number of carbonyl (C=O) groups is 2. The molecule has 3 aromatic rings. The zero-order valence-corrected chi connectivity index (χ0v) is 28.7. The number of thiophene rings is 1. The number of nitrogens with two attached hydrogens (primary N) is 1. The number of nitriles is 2. The van der Waals surface area contributed by atoms with E-state index < -0.39 is 17.9 Å². The first-order valence-corrected chi connectivity index (χ1v) is 16.5. The minimum Gasteiger partial charge on any atom is -0.463 e. The van der Waals surface area contributed by atoms with Gasteiger partial charge in [-0.15, -0.1) is 28.1 Å². The number of allylic oxidation sites excluding steroid dienone is 1. The van der Waals surface area contributed by atoms with Crippen molar-refractivity contribution in [2.24, 2.45) is 22.0 Å². The highest BCUT2D eigenvalue weighted by molar-refractivity contribution is 7.16. The van der Waals surface area contributed by atoms with E-state index in [1.54, 1.807) is 13.8 Å². The first kappa shape index (κ1) is 37.6. The van der Waals surface area contributed by atoms with Crippen molar-refractivity contribution in [1.82, 2.24) is 0 Å². The molecule has 3 unspecified atom stereocenters. The van der Waals surface area contributed by atoms with Crippen LogP contribution in [0.2, 0.25) is 0 Å². The van der Waals surface area contributed by atoms with Crippen molar-refractivity contribution in [3.63, 3.8) is 0 Å². The summed E-state index contributed by atoms with van der Waals surface area (Å²) in [4.78, 5) is 31.1. The summed E-state index contributed by atoms with van der Waals surface area (Å²) in [6.07, 6.45) is 2.47. The summed E-state index contributed by atoms with van der Waals surface area (Å²) in [6.45, 7) is 12.9. The maximum atomic E-state index is 12.3. The molecule has 2 N–H and O–H groups in total. The van der Waals surface area contributed by atoms with Gasteiger partial charge < -0.3 is 19.2 Å². The van der Waals surface area contributed by atoms with E-state index in [1.807, 2.05) is 44.2 Å². The number of azo groups is 1. The average molecular weight is 671 g/mol. The van der Waals surface area contributed by atoms with Gasteiger partial charge in [0.05, 0.1) is 36.3 Å². The minimum atomic E-state index is -0.724. The molecule has 0 aliphatic rings. The molecule has 3 atom stereocenters. The molecule has 0 amide bonds. The molecule has 11 nitrogen and oxygen atoms in total. The summed E-state index contributed by atoms with van der Waals surface area (Å²) in [5.74, 6) is 3.06. The number of anilines is 1. The Hall–Kier alpha value is -4.88. The summed E-state index contributed by atoms with van der Waals surface area (Å²) in [5, 5.41) is 28.0. The summed E-state index contributed by atoms with van der Waals surface area (Å²) in [7, 11) is 0. The Morgan fingerprint density at radius 1 is 1.06 bits per heavy atom. The normalized spacial score (nSPS) is 12.8. The first-order valence-electron chi connectivity index (χ1n) is 15.7. The van der Waals surface area contributed by atoms with Gasteiger partial charge in [-0.25, -0.2) is 0 Å². The average Bonchev–Trinajstić information content (AvgIpc) is 3.39. The van der Waals surface area contributed by atoms with Gasteiger partial charge in [-0.1, -0.05) is 36.4 Å². The van der Waals surface area contributed by atoms with E-state index in [0.717, 1.165) is 35.6 Å². The fraction of sp³-hybridized carbons (Fsp3) is 0.389. The third-order valence-corrected chi connectivity index (χ3v) is 8.81. The first-order chi connectivity index (χ1) is 23.1. The molecule has 0 aliphatic heterocycles. The summed E-state index contributed by atoms with van der Waals surface area (Å²) in [6, 6.07) is 20.4. The maximum Gasteiger partial charge on any atom is 0.328 e.